The van der Waals surface area contributed by atoms with Gasteiger partial charge >= 0.3 is 5.76 Å². The molecule has 3 aromatic rings. The monoisotopic (exact) mass is 365 g/mol. The van der Waals surface area contributed by atoms with Gasteiger partial charge in [-0.3, -0.25) is 14.2 Å². The SMILES string of the molecule is O=C(CCn1c(=O)oc2ccccc21)Nc1ccc(C(=O)NC2CC2)cc1. The number of anilines is 1. The van der Waals surface area contributed by atoms with Crippen molar-refractivity contribution < 1.29 is 14.0 Å². The number of carbonyl (C=O) groups excluding carboxylic acids is 2. The number of aromatic nitrogens is 1. The number of nitrogens with one attached hydrogen (secondary N) is 2. The first kappa shape index (κ1) is 17.1. The van der Waals surface area contributed by atoms with E-state index >= 15 is 0 Å². The number of para-hydroxylation sites is 2. The average Bonchev–Trinajstić information content (AvgIpc) is 3.41. The normalized spacial score (nSPS) is 13.5. The minimum absolute atomic E-state index is 0.0958. The van der Waals surface area contributed by atoms with E-state index in [2.05, 4.69) is 10.6 Å². The summed E-state index contributed by atoms with van der Waals surface area (Å²) in [5.74, 6) is -0.793. The van der Waals surface area contributed by atoms with E-state index in [1.807, 2.05) is 6.07 Å². The number of fused-ring (bicyclic) bond motifs is 1. The van der Waals surface area contributed by atoms with Gasteiger partial charge in [0.1, 0.15) is 0 Å². The lowest BCUT2D eigenvalue weighted by Gasteiger charge is -2.07. The minimum atomic E-state index is -0.477. The highest BCUT2D eigenvalue weighted by Crippen LogP contribution is 2.20. The van der Waals surface area contributed by atoms with Crippen LogP contribution in [0.15, 0.2) is 57.7 Å². The highest BCUT2D eigenvalue weighted by molar-refractivity contribution is 5.96. The Morgan fingerprint density at radius 1 is 1.07 bits per heavy atom. The van der Waals surface area contributed by atoms with E-state index in [0.29, 0.717) is 28.4 Å². The fraction of sp³-hybridized carbons (Fsp3) is 0.250. The van der Waals surface area contributed by atoms with Gasteiger partial charge in [0.15, 0.2) is 5.58 Å². The van der Waals surface area contributed by atoms with E-state index < -0.39 is 5.76 Å². The van der Waals surface area contributed by atoms with Crippen molar-refractivity contribution in [1.29, 1.82) is 0 Å². The number of carbonyl (C=O) groups is 2. The van der Waals surface area contributed by atoms with Crippen LogP contribution in [0.1, 0.15) is 29.6 Å². The fourth-order valence-corrected chi connectivity index (χ4v) is 2.86. The Labute approximate surface area is 155 Å². The minimum Gasteiger partial charge on any atom is -0.408 e. The maximum atomic E-state index is 12.2. The van der Waals surface area contributed by atoms with Crippen LogP contribution in [0, 0.1) is 0 Å². The van der Waals surface area contributed by atoms with Crippen molar-refractivity contribution in [3.05, 3.63) is 64.6 Å². The van der Waals surface area contributed by atoms with Crippen LogP contribution in [0.5, 0.6) is 0 Å². The number of rotatable bonds is 6. The number of hydrogen-bond acceptors (Lipinski definition) is 4. The van der Waals surface area contributed by atoms with E-state index in [1.165, 1.54) is 4.57 Å². The molecule has 0 radical (unpaired) electrons. The first-order valence-corrected chi connectivity index (χ1v) is 8.89. The summed E-state index contributed by atoms with van der Waals surface area (Å²) in [4.78, 5) is 36.1. The van der Waals surface area contributed by atoms with Gasteiger partial charge in [-0.05, 0) is 49.2 Å². The Bertz CT molecular complexity index is 1050. The zero-order valence-corrected chi connectivity index (χ0v) is 14.6. The summed E-state index contributed by atoms with van der Waals surface area (Å²) in [6.07, 6.45) is 2.21. The van der Waals surface area contributed by atoms with Crippen LogP contribution < -0.4 is 16.4 Å². The molecule has 1 saturated carbocycles. The molecule has 0 unspecified atom stereocenters. The van der Waals surface area contributed by atoms with Crippen LogP contribution in [0.3, 0.4) is 0 Å². The molecule has 7 nitrogen and oxygen atoms in total. The van der Waals surface area contributed by atoms with E-state index in [0.717, 1.165) is 12.8 Å². The molecule has 1 heterocycles. The third-order valence-corrected chi connectivity index (χ3v) is 4.48. The van der Waals surface area contributed by atoms with Crippen LogP contribution in [-0.4, -0.2) is 22.4 Å². The number of benzene rings is 2. The maximum absolute atomic E-state index is 12.2. The van der Waals surface area contributed by atoms with Crippen molar-refractivity contribution in [3.8, 4) is 0 Å². The molecule has 1 aromatic heterocycles. The van der Waals surface area contributed by atoms with Gasteiger partial charge in [0.2, 0.25) is 5.91 Å². The molecule has 0 saturated heterocycles. The molecule has 138 valence electrons. The van der Waals surface area contributed by atoms with Gasteiger partial charge in [0.25, 0.3) is 5.91 Å². The molecule has 7 heteroatoms. The average molecular weight is 365 g/mol. The smallest absolute Gasteiger partial charge is 0.408 e. The lowest BCUT2D eigenvalue weighted by Crippen LogP contribution is -2.25. The fourth-order valence-electron chi connectivity index (χ4n) is 2.86. The molecule has 27 heavy (non-hydrogen) atoms. The van der Waals surface area contributed by atoms with E-state index in [-0.39, 0.29) is 24.8 Å². The highest BCUT2D eigenvalue weighted by atomic mass is 16.4. The predicted octanol–water partition coefficient (Wildman–Crippen LogP) is 2.52. The van der Waals surface area contributed by atoms with Gasteiger partial charge in [-0.1, -0.05) is 12.1 Å². The quantitative estimate of drug-likeness (QED) is 0.702. The summed E-state index contributed by atoms with van der Waals surface area (Å²) >= 11 is 0. The number of hydrogen-bond donors (Lipinski definition) is 2. The molecular formula is C20H19N3O4. The molecule has 1 aliphatic rings. The van der Waals surface area contributed by atoms with Gasteiger partial charge in [0.05, 0.1) is 5.52 Å². The molecule has 1 fully saturated rings. The highest BCUT2D eigenvalue weighted by Gasteiger charge is 2.23. The number of nitrogens with zero attached hydrogens (tertiary/aromatic N) is 1. The zero-order chi connectivity index (χ0) is 18.8. The third-order valence-electron chi connectivity index (χ3n) is 4.48. The second kappa shape index (κ2) is 7.11. The first-order chi connectivity index (χ1) is 13.1. The summed E-state index contributed by atoms with van der Waals surface area (Å²) < 4.78 is 6.60. The molecule has 2 N–H and O–H groups in total. The Morgan fingerprint density at radius 2 is 1.81 bits per heavy atom. The molecule has 0 spiro atoms. The maximum Gasteiger partial charge on any atom is 0.419 e. The van der Waals surface area contributed by atoms with Crippen molar-refractivity contribution in [2.24, 2.45) is 0 Å². The van der Waals surface area contributed by atoms with Crippen molar-refractivity contribution in [2.75, 3.05) is 5.32 Å². The summed E-state index contributed by atoms with van der Waals surface area (Å²) in [7, 11) is 0. The Morgan fingerprint density at radius 3 is 2.56 bits per heavy atom. The second-order valence-electron chi connectivity index (χ2n) is 6.61. The Kier molecular flexibility index (Phi) is 4.50. The molecule has 0 aliphatic heterocycles. The summed E-state index contributed by atoms with van der Waals surface area (Å²) in [6, 6.07) is 14.2. The van der Waals surface area contributed by atoms with Crippen LogP contribution in [0.25, 0.3) is 11.1 Å². The van der Waals surface area contributed by atoms with E-state index in [9.17, 15) is 14.4 Å². The molecule has 1 aliphatic carbocycles. The van der Waals surface area contributed by atoms with Crippen molar-refractivity contribution in [2.45, 2.75) is 31.8 Å². The standard InChI is InChI=1S/C20H19N3O4/c24-18(11-12-23-16-3-1-2-4-17(16)27-20(23)26)21-14-7-5-13(6-8-14)19(25)22-15-9-10-15/h1-8,15H,9-12H2,(H,21,24)(H,22,25). The molecule has 2 amide bonds. The molecular weight excluding hydrogens is 346 g/mol. The van der Waals surface area contributed by atoms with Gasteiger partial charge in [0, 0.05) is 30.3 Å². The Hall–Kier alpha value is -3.35. The van der Waals surface area contributed by atoms with Crippen LogP contribution >= 0.6 is 0 Å². The van der Waals surface area contributed by atoms with Crippen LogP contribution in [-0.2, 0) is 11.3 Å². The molecule has 0 atom stereocenters. The van der Waals surface area contributed by atoms with Crippen LogP contribution in [0.4, 0.5) is 5.69 Å². The molecule has 0 bridgehead atoms. The number of amides is 2. The molecule has 2 aromatic carbocycles. The Balaban J connectivity index is 1.35. The zero-order valence-electron chi connectivity index (χ0n) is 14.6. The van der Waals surface area contributed by atoms with Crippen molar-refractivity contribution in [3.63, 3.8) is 0 Å². The third kappa shape index (κ3) is 3.92. The summed E-state index contributed by atoms with van der Waals surface area (Å²) in [5.41, 5.74) is 2.34. The van der Waals surface area contributed by atoms with E-state index in [1.54, 1.807) is 42.5 Å². The predicted molar refractivity (Wildman–Crippen MR) is 101 cm³/mol. The van der Waals surface area contributed by atoms with Gasteiger partial charge < -0.3 is 15.1 Å². The van der Waals surface area contributed by atoms with Crippen LogP contribution in [0.2, 0.25) is 0 Å². The van der Waals surface area contributed by atoms with Gasteiger partial charge in [-0.25, -0.2) is 4.79 Å². The number of aryl methyl sites for hydroxylation is 1. The molecule has 4 rings (SSSR count). The van der Waals surface area contributed by atoms with Crippen molar-refractivity contribution in [1.82, 2.24) is 9.88 Å². The topological polar surface area (TPSA) is 93.3 Å². The van der Waals surface area contributed by atoms with Crippen molar-refractivity contribution >= 4 is 28.6 Å². The first-order valence-electron chi connectivity index (χ1n) is 8.89. The summed E-state index contributed by atoms with van der Waals surface area (Å²) in [6.45, 7) is 0.226. The van der Waals surface area contributed by atoms with Gasteiger partial charge in [-0.2, -0.15) is 0 Å². The summed E-state index contributed by atoms with van der Waals surface area (Å²) in [5, 5.41) is 5.69. The lowest BCUT2D eigenvalue weighted by molar-refractivity contribution is -0.116. The lowest BCUT2D eigenvalue weighted by atomic mass is 10.2. The second-order valence-corrected chi connectivity index (χ2v) is 6.61. The van der Waals surface area contributed by atoms with E-state index in [4.69, 9.17) is 4.42 Å². The number of oxazole rings is 1. The largest absolute Gasteiger partial charge is 0.419 e. The van der Waals surface area contributed by atoms with Gasteiger partial charge in [-0.15, -0.1) is 0 Å².